The second-order valence-corrected chi connectivity index (χ2v) is 11.8. The first-order valence-electron chi connectivity index (χ1n) is 14.4. The fourth-order valence-corrected chi connectivity index (χ4v) is 5.19. The molecule has 0 fully saturated rings. The van der Waals surface area contributed by atoms with Crippen LogP contribution >= 0.6 is 0 Å². The van der Waals surface area contributed by atoms with E-state index in [2.05, 4.69) is 69.3 Å². The Morgan fingerprint density at radius 3 is 2.12 bits per heavy atom. The maximum absolute atomic E-state index is 13.5. The van der Waals surface area contributed by atoms with Crippen molar-refractivity contribution in [3.63, 3.8) is 0 Å². The summed E-state index contributed by atoms with van der Waals surface area (Å²) < 4.78 is 3.30. The number of benzene rings is 4. The van der Waals surface area contributed by atoms with Gasteiger partial charge in [0.2, 0.25) is 0 Å². The molecule has 214 valence electrons. The average Bonchev–Trinajstić information content (AvgIpc) is 3.27. The number of hydrogen-bond acceptors (Lipinski definition) is 3. The molecule has 5 aromatic rings. The standard InChI is InChI=1S/C36H37N3O3/c1-36(2,3)31-21-17-27(18-22-31)25-38-35(42)39(32-12-5-4-6-13-32)33(37-38)14-8-9-26-15-19-29(20-16-26)30-11-7-10-28(23-30)24-34(40)41/h4-7,10-13,15-23H,8-9,14,24-25H2,1-3H3,(H,40,41). The first-order chi connectivity index (χ1) is 20.2. The summed E-state index contributed by atoms with van der Waals surface area (Å²) in [4.78, 5) is 24.6. The summed E-state index contributed by atoms with van der Waals surface area (Å²) >= 11 is 0. The summed E-state index contributed by atoms with van der Waals surface area (Å²) in [5.74, 6) is -0.0795. The summed E-state index contributed by atoms with van der Waals surface area (Å²) in [7, 11) is 0. The SMILES string of the molecule is CC(C)(C)c1ccc(Cn2nc(CCCc3ccc(-c4cccc(CC(=O)O)c4)cc3)n(-c3ccccc3)c2=O)cc1. The maximum atomic E-state index is 13.5. The lowest BCUT2D eigenvalue weighted by atomic mass is 9.87. The molecule has 0 saturated heterocycles. The van der Waals surface area contributed by atoms with Gasteiger partial charge in [-0.25, -0.2) is 14.0 Å². The quantitative estimate of drug-likeness (QED) is 0.203. The van der Waals surface area contributed by atoms with Crippen LogP contribution in [0.5, 0.6) is 0 Å². The van der Waals surface area contributed by atoms with Gasteiger partial charge in [0.1, 0.15) is 5.82 Å². The van der Waals surface area contributed by atoms with Crippen molar-refractivity contribution in [2.45, 2.75) is 58.4 Å². The van der Waals surface area contributed by atoms with Crippen LogP contribution in [-0.4, -0.2) is 25.4 Å². The van der Waals surface area contributed by atoms with Gasteiger partial charge in [-0.3, -0.25) is 4.79 Å². The molecular weight excluding hydrogens is 522 g/mol. The monoisotopic (exact) mass is 559 g/mol. The van der Waals surface area contributed by atoms with E-state index in [1.54, 1.807) is 9.25 Å². The summed E-state index contributed by atoms with van der Waals surface area (Å²) in [5.41, 5.74) is 7.11. The van der Waals surface area contributed by atoms with E-state index in [1.807, 2.05) is 54.6 Å². The van der Waals surface area contributed by atoms with Crippen LogP contribution in [0.1, 0.15) is 55.3 Å². The molecule has 0 atom stereocenters. The number of aromatic nitrogens is 3. The van der Waals surface area contributed by atoms with Gasteiger partial charge in [-0.05, 0) is 63.8 Å². The predicted molar refractivity (Wildman–Crippen MR) is 167 cm³/mol. The van der Waals surface area contributed by atoms with Crippen LogP contribution in [0.3, 0.4) is 0 Å². The van der Waals surface area contributed by atoms with Crippen LogP contribution in [-0.2, 0) is 36.0 Å². The van der Waals surface area contributed by atoms with Crippen LogP contribution in [0.4, 0.5) is 0 Å². The van der Waals surface area contributed by atoms with Crippen molar-refractivity contribution < 1.29 is 9.90 Å². The van der Waals surface area contributed by atoms with Crippen molar-refractivity contribution >= 4 is 5.97 Å². The third-order valence-corrected chi connectivity index (χ3v) is 7.51. The summed E-state index contributed by atoms with van der Waals surface area (Å²) in [6.07, 6.45) is 2.37. The van der Waals surface area contributed by atoms with Crippen LogP contribution in [0.15, 0.2) is 108 Å². The van der Waals surface area contributed by atoms with Gasteiger partial charge < -0.3 is 5.11 Å². The van der Waals surface area contributed by atoms with E-state index in [-0.39, 0.29) is 17.5 Å². The molecule has 1 aromatic heterocycles. The number of hydrogen-bond donors (Lipinski definition) is 1. The fourth-order valence-electron chi connectivity index (χ4n) is 5.19. The molecule has 4 aromatic carbocycles. The molecule has 0 amide bonds. The van der Waals surface area contributed by atoms with Crippen molar-refractivity contribution in [3.05, 3.63) is 142 Å². The Hall–Kier alpha value is -4.71. The van der Waals surface area contributed by atoms with Gasteiger partial charge in [-0.2, -0.15) is 5.10 Å². The first-order valence-corrected chi connectivity index (χ1v) is 14.4. The Morgan fingerprint density at radius 2 is 1.45 bits per heavy atom. The van der Waals surface area contributed by atoms with Crippen molar-refractivity contribution in [2.75, 3.05) is 0 Å². The molecule has 0 saturated carbocycles. The third kappa shape index (κ3) is 6.95. The highest BCUT2D eigenvalue weighted by Crippen LogP contribution is 2.23. The number of carbonyl (C=O) groups is 1. The molecule has 42 heavy (non-hydrogen) atoms. The van der Waals surface area contributed by atoms with E-state index in [0.717, 1.165) is 46.6 Å². The number of aryl methyl sites for hydroxylation is 2. The molecule has 6 nitrogen and oxygen atoms in total. The summed E-state index contributed by atoms with van der Waals surface area (Å²) in [5, 5.41) is 13.9. The van der Waals surface area contributed by atoms with Gasteiger partial charge in [0.15, 0.2) is 0 Å². The Labute approximate surface area is 246 Å². The van der Waals surface area contributed by atoms with E-state index >= 15 is 0 Å². The molecular formula is C36H37N3O3. The molecule has 0 aliphatic heterocycles. The first kappa shape index (κ1) is 28.8. The molecule has 0 aliphatic rings. The number of para-hydroxylation sites is 1. The smallest absolute Gasteiger partial charge is 0.350 e. The lowest BCUT2D eigenvalue weighted by molar-refractivity contribution is -0.136. The lowest BCUT2D eigenvalue weighted by Crippen LogP contribution is -2.25. The Balaban J connectivity index is 1.30. The van der Waals surface area contributed by atoms with Crippen LogP contribution < -0.4 is 5.69 Å². The molecule has 6 heteroatoms. The minimum Gasteiger partial charge on any atom is -0.481 e. The van der Waals surface area contributed by atoms with E-state index in [9.17, 15) is 9.59 Å². The highest BCUT2D eigenvalue weighted by molar-refractivity contribution is 5.72. The highest BCUT2D eigenvalue weighted by Gasteiger charge is 2.17. The van der Waals surface area contributed by atoms with Gasteiger partial charge in [0.05, 0.1) is 18.7 Å². The molecule has 5 rings (SSSR count). The van der Waals surface area contributed by atoms with E-state index in [1.165, 1.54) is 11.1 Å². The fraction of sp³-hybridized carbons (Fsp3) is 0.250. The van der Waals surface area contributed by atoms with E-state index in [4.69, 9.17) is 10.2 Å². The van der Waals surface area contributed by atoms with Gasteiger partial charge in [-0.1, -0.05) is 112 Å². The topological polar surface area (TPSA) is 77.1 Å². The Morgan fingerprint density at radius 1 is 0.762 bits per heavy atom. The number of aliphatic carboxylic acids is 1. The zero-order valence-corrected chi connectivity index (χ0v) is 24.5. The van der Waals surface area contributed by atoms with Crippen LogP contribution in [0, 0.1) is 0 Å². The van der Waals surface area contributed by atoms with Gasteiger partial charge in [0.25, 0.3) is 0 Å². The molecule has 0 bridgehead atoms. The number of nitrogens with zero attached hydrogens (tertiary/aromatic N) is 3. The van der Waals surface area contributed by atoms with Crippen molar-refractivity contribution in [1.29, 1.82) is 0 Å². The van der Waals surface area contributed by atoms with Gasteiger partial charge in [0, 0.05) is 6.42 Å². The number of rotatable bonds is 10. The molecule has 0 spiro atoms. The summed E-state index contributed by atoms with van der Waals surface area (Å²) in [6, 6.07) is 34.2. The average molecular weight is 560 g/mol. The molecule has 1 N–H and O–H groups in total. The lowest BCUT2D eigenvalue weighted by Gasteiger charge is -2.19. The van der Waals surface area contributed by atoms with Crippen molar-refractivity contribution in [2.24, 2.45) is 0 Å². The summed E-state index contributed by atoms with van der Waals surface area (Å²) in [6.45, 7) is 7.00. The Bertz CT molecular complexity index is 1710. The zero-order valence-electron chi connectivity index (χ0n) is 24.5. The zero-order chi connectivity index (χ0) is 29.7. The normalized spacial score (nSPS) is 11.5. The molecule has 0 unspecified atom stereocenters. The third-order valence-electron chi connectivity index (χ3n) is 7.51. The van der Waals surface area contributed by atoms with Gasteiger partial charge in [-0.15, -0.1) is 0 Å². The van der Waals surface area contributed by atoms with Crippen molar-refractivity contribution in [3.8, 4) is 16.8 Å². The van der Waals surface area contributed by atoms with Crippen LogP contribution in [0.2, 0.25) is 0 Å². The molecule has 0 radical (unpaired) electrons. The van der Waals surface area contributed by atoms with Crippen molar-refractivity contribution in [1.82, 2.24) is 14.3 Å². The maximum Gasteiger partial charge on any atom is 0.350 e. The largest absolute Gasteiger partial charge is 0.481 e. The minimum absolute atomic E-state index is 0.0131. The number of carboxylic acid groups (broad SMARTS) is 1. The van der Waals surface area contributed by atoms with E-state index in [0.29, 0.717) is 13.0 Å². The second-order valence-electron chi connectivity index (χ2n) is 11.8. The highest BCUT2D eigenvalue weighted by atomic mass is 16.4. The second kappa shape index (κ2) is 12.4. The number of carboxylic acids is 1. The van der Waals surface area contributed by atoms with Gasteiger partial charge >= 0.3 is 11.7 Å². The molecule has 0 aliphatic carbocycles. The van der Waals surface area contributed by atoms with E-state index < -0.39 is 5.97 Å². The minimum atomic E-state index is -0.834. The Kier molecular flexibility index (Phi) is 8.53. The molecule has 1 heterocycles. The predicted octanol–water partition coefficient (Wildman–Crippen LogP) is 6.85. The van der Waals surface area contributed by atoms with Crippen LogP contribution in [0.25, 0.3) is 16.8 Å².